The Morgan fingerprint density at radius 1 is 1.32 bits per heavy atom. The zero-order valence-electron chi connectivity index (χ0n) is 12.2. The molecule has 0 aliphatic carbocycles. The van der Waals surface area contributed by atoms with E-state index in [9.17, 15) is 0 Å². The van der Waals surface area contributed by atoms with E-state index >= 15 is 0 Å². The average Bonchev–Trinajstić information content (AvgIpc) is 2.41. The molecule has 0 saturated carbocycles. The monoisotopic (exact) mass is 262 g/mol. The molecule has 0 radical (unpaired) electrons. The second kappa shape index (κ2) is 7.51. The van der Waals surface area contributed by atoms with Gasteiger partial charge in [0.25, 0.3) is 0 Å². The first-order chi connectivity index (χ1) is 9.28. The van der Waals surface area contributed by atoms with Gasteiger partial charge in [-0.3, -0.25) is 4.90 Å². The lowest BCUT2D eigenvalue weighted by Crippen LogP contribution is -2.37. The Kier molecular flexibility index (Phi) is 5.67. The number of hydrogen-bond donors (Lipinski definition) is 1. The van der Waals surface area contributed by atoms with Crippen LogP contribution in [-0.4, -0.2) is 38.2 Å². The molecule has 1 aromatic carbocycles. The largest absolute Gasteiger partial charge is 0.492 e. The topological polar surface area (TPSA) is 24.5 Å². The van der Waals surface area contributed by atoms with Crippen LogP contribution in [0.4, 0.5) is 0 Å². The Morgan fingerprint density at radius 3 is 2.79 bits per heavy atom. The Hall–Kier alpha value is -1.06. The van der Waals surface area contributed by atoms with Crippen LogP contribution in [0.5, 0.6) is 5.75 Å². The van der Waals surface area contributed by atoms with E-state index in [1.54, 1.807) is 0 Å². The predicted octanol–water partition coefficient (Wildman–Crippen LogP) is 2.52. The summed E-state index contributed by atoms with van der Waals surface area (Å²) in [5, 5.41) is 3.15. The van der Waals surface area contributed by atoms with Crippen molar-refractivity contribution < 1.29 is 4.74 Å². The minimum atomic E-state index is 0.790. The van der Waals surface area contributed by atoms with E-state index in [-0.39, 0.29) is 0 Å². The van der Waals surface area contributed by atoms with Crippen molar-refractivity contribution >= 4 is 0 Å². The van der Waals surface area contributed by atoms with Crippen LogP contribution in [0.25, 0.3) is 0 Å². The lowest BCUT2D eigenvalue weighted by molar-refractivity contribution is 0.153. The first kappa shape index (κ1) is 14.4. The molecule has 3 nitrogen and oxygen atoms in total. The molecule has 0 amide bonds. The Balaban J connectivity index is 1.70. The lowest BCUT2D eigenvalue weighted by Gasteiger charge is -2.30. The number of ether oxygens (including phenoxy) is 1. The Bertz CT molecular complexity index is 364. The molecule has 0 spiro atoms. The zero-order chi connectivity index (χ0) is 13.5. The van der Waals surface area contributed by atoms with Gasteiger partial charge in [-0.05, 0) is 50.0 Å². The highest BCUT2D eigenvalue weighted by atomic mass is 16.5. The molecule has 2 rings (SSSR count). The predicted molar refractivity (Wildman–Crippen MR) is 79.5 cm³/mol. The molecule has 1 N–H and O–H groups in total. The van der Waals surface area contributed by atoms with E-state index in [4.69, 9.17) is 4.74 Å². The molecule has 1 fully saturated rings. The van der Waals surface area contributed by atoms with Crippen LogP contribution in [0.3, 0.4) is 0 Å². The molecule has 1 heterocycles. The fraction of sp³-hybridized carbons (Fsp3) is 0.625. The van der Waals surface area contributed by atoms with Crippen molar-refractivity contribution in [3.05, 3.63) is 29.8 Å². The standard InChI is InChI=1S/C16H26N2O/c1-14-4-3-9-18(13-14)10-11-19-16-7-5-15(6-8-16)12-17-2/h5-8,14,17H,3-4,9-13H2,1-2H3. The van der Waals surface area contributed by atoms with Crippen LogP contribution >= 0.6 is 0 Å². The molecular weight excluding hydrogens is 236 g/mol. The van der Waals surface area contributed by atoms with Crippen LogP contribution in [0.1, 0.15) is 25.3 Å². The van der Waals surface area contributed by atoms with Crippen LogP contribution in [0.2, 0.25) is 0 Å². The summed E-state index contributed by atoms with van der Waals surface area (Å²) in [4.78, 5) is 2.52. The average molecular weight is 262 g/mol. The third-order valence-corrected chi connectivity index (χ3v) is 3.72. The van der Waals surface area contributed by atoms with Crippen molar-refractivity contribution in [3.8, 4) is 5.75 Å². The van der Waals surface area contributed by atoms with E-state index in [1.165, 1.54) is 31.5 Å². The van der Waals surface area contributed by atoms with E-state index in [0.29, 0.717) is 0 Å². The molecule has 1 atom stereocenters. The van der Waals surface area contributed by atoms with Gasteiger partial charge >= 0.3 is 0 Å². The fourth-order valence-corrected chi connectivity index (χ4v) is 2.69. The van der Waals surface area contributed by atoms with Gasteiger partial charge in [-0.15, -0.1) is 0 Å². The minimum Gasteiger partial charge on any atom is -0.492 e. The normalized spacial score (nSPS) is 20.4. The van der Waals surface area contributed by atoms with Crippen molar-refractivity contribution in [3.63, 3.8) is 0 Å². The first-order valence-corrected chi connectivity index (χ1v) is 7.36. The number of nitrogens with zero attached hydrogens (tertiary/aromatic N) is 1. The highest BCUT2D eigenvalue weighted by Gasteiger charge is 2.15. The summed E-state index contributed by atoms with van der Waals surface area (Å²) in [5.41, 5.74) is 1.29. The van der Waals surface area contributed by atoms with Crippen molar-refractivity contribution in [2.75, 3.05) is 33.3 Å². The molecule has 106 valence electrons. The highest BCUT2D eigenvalue weighted by molar-refractivity contribution is 5.27. The van der Waals surface area contributed by atoms with Gasteiger partial charge in [0, 0.05) is 19.6 Å². The summed E-state index contributed by atoms with van der Waals surface area (Å²) in [6, 6.07) is 8.36. The van der Waals surface area contributed by atoms with Gasteiger partial charge in [-0.1, -0.05) is 19.1 Å². The number of likely N-dealkylation sites (tertiary alicyclic amines) is 1. The summed E-state index contributed by atoms with van der Waals surface area (Å²) in [6.45, 7) is 7.54. The van der Waals surface area contributed by atoms with Gasteiger partial charge in [0.2, 0.25) is 0 Å². The first-order valence-electron chi connectivity index (χ1n) is 7.36. The quantitative estimate of drug-likeness (QED) is 0.852. The molecule has 0 bridgehead atoms. The Labute approximate surface area is 116 Å². The number of piperidine rings is 1. The number of hydrogen-bond acceptors (Lipinski definition) is 3. The van der Waals surface area contributed by atoms with Gasteiger partial charge in [0.15, 0.2) is 0 Å². The molecular formula is C16H26N2O. The third kappa shape index (κ3) is 4.84. The minimum absolute atomic E-state index is 0.790. The van der Waals surface area contributed by atoms with Gasteiger partial charge in [-0.25, -0.2) is 0 Å². The third-order valence-electron chi connectivity index (χ3n) is 3.72. The van der Waals surface area contributed by atoms with Crippen molar-refractivity contribution in [1.29, 1.82) is 0 Å². The second-order valence-electron chi connectivity index (χ2n) is 5.57. The molecule has 1 aromatic rings. The summed E-state index contributed by atoms with van der Waals surface area (Å²) in [7, 11) is 1.96. The maximum absolute atomic E-state index is 5.82. The lowest BCUT2D eigenvalue weighted by atomic mass is 10.0. The number of nitrogens with one attached hydrogen (secondary N) is 1. The summed E-state index contributed by atoms with van der Waals surface area (Å²) < 4.78 is 5.82. The van der Waals surface area contributed by atoms with Crippen LogP contribution in [0, 0.1) is 5.92 Å². The van der Waals surface area contributed by atoms with Crippen molar-refractivity contribution in [2.45, 2.75) is 26.3 Å². The fourth-order valence-electron chi connectivity index (χ4n) is 2.69. The van der Waals surface area contributed by atoms with E-state index in [2.05, 4.69) is 41.4 Å². The van der Waals surface area contributed by atoms with E-state index in [0.717, 1.165) is 31.4 Å². The molecule has 1 saturated heterocycles. The van der Waals surface area contributed by atoms with Crippen LogP contribution in [-0.2, 0) is 6.54 Å². The van der Waals surface area contributed by atoms with E-state index in [1.807, 2.05) is 7.05 Å². The number of rotatable bonds is 6. The van der Waals surface area contributed by atoms with Gasteiger partial charge in [-0.2, -0.15) is 0 Å². The molecule has 3 heteroatoms. The van der Waals surface area contributed by atoms with Gasteiger partial charge in [0.1, 0.15) is 12.4 Å². The molecule has 1 aliphatic heterocycles. The number of benzene rings is 1. The molecule has 1 aliphatic rings. The van der Waals surface area contributed by atoms with E-state index < -0.39 is 0 Å². The summed E-state index contributed by atoms with van der Waals surface area (Å²) >= 11 is 0. The molecule has 19 heavy (non-hydrogen) atoms. The van der Waals surface area contributed by atoms with Crippen molar-refractivity contribution in [1.82, 2.24) is 10.2 Å². The smallest absolute Gasteiger partial charge is 0.119 e. The maximum Gasteiger partial charge on any atom is 0.119 e. The summed E-state index contributed by atoms with van der Waals surface area (Å²) in [6.07, 6.45) is 2.71. The van der Waals surface area contributed by atoms with Crippen LogP contribution < -0.4 is 10.1 Å². The van der Waals surface area contributed by atoms with Gasteiger partial charge < -0.3 is 10.1 Å². The molecule has 0 aromatic heterocycles. The van der Waals surface area contributed by atoms with Crippen molar-refractivity contribution in [2.24, 2.45) is 5.92 Å². The zero-order valence-corrected chi connectivity index (χ0v) is 12.2. The SMILES string of the molecule is CNCc1ccc(OCCN2CCCC(C)C2)cc1. The summed E-state index contributed by atoms with van der Waals surface area (Å²) in [5.74, 6) is 1.82. The maximum atomic E-state index is 5.82. The Morgan fingerprint density at radius 2 is 2.11 bits per heavy atom. The second-order valence-corrected chi connectivity index (χ2v) is 5.57. The molecule has 1 unspecified atom stereocenters. The van der Waals surface area contributed by atoms with Crippen LogP contribution in [0.15, 0.2) is 24.3 Å². The van der Waals surface area contributed by atoms with Gasteiger partial charge in [0.05, 0.1) is 0 Å². The highest BCUT2D eigenvalue weighted by Crippen LogP contribution is 2.16.